The van der Waals surface area contributed by atoms with E-state index >= 15 is 0 Å². The Balaban J connectivity index is 1.88. The van der Waals surface area contributed by atoms with Gasteiger partial charge in [-0.15, -0.1) is 0 Å². The Morgan fingerprint density at radius 1 is 0.879 bits per heavy atom. The fourth-order valence-electron chi connectivity index (χ4n) is 2.96. The lowest BCUT2D eigenvalue weighted by molar-refractivity contribution is -0.123. The van der Waals surface area contributed by atoms with Gasteiger partial charge in [-0.2, -0.15) is 0 Å². The highest BCUT2D eigenvalue weighted by Gasteiger charge is 2.26. The van der Waals surface area contributed by atoms with E-state index in [4.69, 9.17) is 10.5 Å². The Hall–Kier alpha value is -4.18. The standard InChI is InChI=1S/C23H21N3O6S/c24-23(29)25-21(27)16-32-22(28)18-10-7-13-20(14-18)33(30,31)26(19-11-5-2-6-12-19)15-17-8-3-1-4-9-17/h1-14H,15-16H2,(H3,24,25,27,29). The monoisotopic (exact) mass is 467 g/mol. The van der Waals surface area contributed by atoms with E-state index in [1.54, 1.807) is 35.6 Å². The number of para-hydroxylation sites is 1. The van der Waals surface area contributed by atoms with Gasteiger partial charge in [0.1, 0.15) is 0 Å². The molecule has 0 saturated heterocycles. The fourth-order valence-corrected chi connectivity index (χ4v) is 4.46. The Morgan fingerprint density at radius 2 is 1.52 bits per heavy atom. The third kappa shape index (κ3) is 6.17. The molecule has 3 amide bonds. The van der Waals surface area contributed by atoms with Crippen molar-refractivity contribution < 1.29 is 27.5 Å². The summed E-state index contributed by atoms with van der Waals surface area (Å²) in [6, 6.07) is 21.9. The molecule has 3 aromatic carbocycles. The molecule has 3 aromatic rings. The van der Waals surface area contributed by atoms with Gasteiger partial charge in [0.25, 0.3) is 15.9 Å². The van der Waals surface area contributed by atoms with Crippen molar-refractivity contribution in [2.24, 2.45) is 5.73 Å². The molecule has 9 nitrogen and oxygen atoms in total. The van der Waals surface area contributed by atoms with Gasteiger partial charge in [0.15, 0.2) is 6.61 Å². The van der Waals surface area contributed by atoms with Crippen LogP contribution in [0.25, 0.3) is 0 Å². The second-order valence-electron chi connectivity index (χ2n) is 6.85. The normalized spacial score (nSPS) is 10.8. The first-order valence-electron chi connectivity index (χ1n) is 9.75. The molecule has 0 aliphatic carbocycles. The molecule has 0 aliphatic heterocycles. The first-order chi connectivity index (χ1) is 15.8. The number of hydrogen-bond donors (Lipinski definition) is 2. The molecule has 0 heterocycles. The minimum atomic E-state index is -4.07. The molecule has 0 aromatic heterocycles. The van der Waals surface area contributed by atoms with Crippen molar-refractivity contribution in [1.82, 2.24) is 5.32 Å². The molecule has 0 bridgehead atoms. The van der Waals surface area contributed by atoms with Gasteiger partial charge in [-0.25, -0.2) is 18.0 Å². The maximum absolute atomic E-state index is 13.6. The van der Waals surface area contributed by atoms with Crippen LogP contribution in [0.4, 0.5) is 10.5 Å². The Kier molecular flexibility index (Phi) is 7.42. The van der Waals surface area contributed by atoms with Crippen LogP contribution in [0, 0.1) is 0 Å². The van der Waals surface area contributed by atoms with Gasteiger partial charge < -0.3 is 10.5 Å². The van der Waals surface area contributed by atoms with Crippen LogP contribution in [0.2, 0.25) is 0 Å². The van der Waals surface area contributed by atoms with Crippen molar-refractivity contribution in [3.63, 3.8) is 0 Å². The van der Waals surface area contributed by atoms with Crippen molar-refractivity contribution >= 4 is 33.6 Å². The van der Waals surface area contributed by atoms with Gasteiger partial charge in [-0.05, 0) is 35.9 Å². The molecule has 3 N–H and O–H groups in total. The number of nitrogens with zero attached hydrogens (tertiary/aromatic N) is 1. The number of nitrogens with one attached hydrogen (secondary N) is 1. The van der Waals surface area contributed by atoms with Crippen LogP contribution in [0.3, 0.4) is 0 Å². The third-order valence-corrected chi connectivity index (χ3v) is 6.24. The molecule has 0 aliphatic rings. The molecule has 0 unspecified atom stereocenters. The number of carbonyl (C=O) groups excluding carboxylic acids is 3. The summed E-state index contributed by atoms with van der Waals surface area (Å²) in [6.07, 6.45) is 0. The lowest BCUT2D eigenvalue weighted by Crippen LogP contribution is -2.37. The van der Waals surface area contributed by atoms with Gasteiger partial charge in [0, 0.05) is 0 Å². The molecular formula is C23H21N3O6S. The Labute approximate surface area is 190 Å². The van der Waals surface area contributed by atoms with Gasteiger partial charge >= 0.3 is 12.0 Å². The number of benzene rings is 3. The quantitative estimate of drug-likeness (QED) is 0.489. The van der Waals surface area contributed by atoms with E-state index < -0.39 is 34.5 Å². The predicted molar refractivity (Wildman–Crippen MR) is 121 cm³/mol. The highest BCUT2D eigenvalue weighted by Crippen LogP contribution is 2.26. The van der Waals surface area contributed by atoms with Gasteiger partial charge in [-0.3, -0.25) is 14.4 Å². The van der Waals surface area contributed by atoms with E-state index in [0.29, 0.717) is 5.69 Å². The molecule has 0 fully saturated rings. The van der Waals surface area contributed by atoms with E-state index in [9.17, 15) is 22.8 Å². The summed E-state index contributed by atoms with van der Waals surface area (Å²) in [7, 11) is -4.07. The average Bonchev–Trinajstić information content (AvgIpc) is 2.82. The number of hydrogen-bond acceptors (Lipinski definition) is 6. The van der Waals surface area contributed by atoms with Crippen molar-refractivity contribution in [3.8, 4) is 0 Å². The molecule has 170 valence electrons. The number of urea groups is 1. The number of ether oxygens (including phenoxy) is 1. The van der Waals surface area contributed by atoms with Gasteiger partial charge in [0.05, 0.1) is 22.7 Å². The number of carbonyl (C=O) groups is 3. The molecule has 3 rings (SSSR count). The number of anilines is 1. The van der Waals surface area contributed by atoms with Crippen molar-refractivity contribution in [1.29, 1.82) is 0 Å². The smallest absolute Gasteiger partial charge is 0.338 e. The predicted octanol–water partition coefficient (Wildman–Crippen LogP) is 2.43. The number of amides is 3. The molecule has 33 heavy (non-hydrogen) atoms. The van der Waals surface area contributed by atoms with E-state index in [0.717, 1.165) is 5.56 Å². The lowest BCUT2D eigenvalue weighted by Gasteiger charge is -2.25. The van der Waals surface area contributed by atoms with Crippen molar-refractivity contribution in [2.75, 3.05) is 10.9 Å². The zero-order valence-corrected chi connectivity index (χ0v) is 18.2. The highest BCUT2D eigenvalue weighted by molar-refractivity contribution is 7.92. The summed E-state index contributed by atoms with van der Waals surface area (Å²) in [5.41, 5.74) is 5.99. The van der Waals surface area contributed by atoms with Crippen LogP contribution >= 0.6 is 0 Å². The SMILES string of the molecule is NC(=O)NC(=O)COC(=O)c1cccc(S(=O)(=O)N(Cc2ccccc2)c2ccccc2)c1. The number of sulfonamides is 1. The second kappa shape index (κ2) is 10.4. The van der Waals surface area contributed by atoms with Crippen LogP contribution in [0.5, 0.6) is 0 Å². The largest absolute Gasteiger partial charge is 0.452 e. The fraction of sp³-hybridized carbons (Fsp3) is 0.0870. The molecule has 0 atom stereocenters. The van der Waals surface area contributed by atoms with Gasteiger partial charge in [-0.1, -0.05) is 54.6 Å². The zero-order chi connectivity index (χ0) is 23.8. The molecule has 10 heteroatoms. The van der Waals surface area contributed by atoms with Crippen molar-refractivity contribution in [2.45, 2.75) is 11.4 Å². The van der Waals surface area contributed by atoms with E-state index in [2.05, 4.69) is 0 Å². The topological polar surface area (TPSA) is 136 Å². The van der Waals surface area contributed by atoms with E-state index in [1.165, 1.54) is 28.6 Å². The third-order valence-electron chi connectivity index (χ3n) is 4.47. The first kappa shape index (κ1) is 23.5. The number of primary amides is 1. The minimum absolute atomic E-state index is 0.0735. The Morgan fingerprint density at radius 3 is 2.15 bits per heavy atom. The van der Waals surface area contributed by atoms with Crippen LogP contribution in [-0.4, -0.2) is 32.9 Å². The van der Waals surface area contributed by atoms with Gasteiger partial charge in [0.2, 0.25) is 0 Å². The first-order valence-corrected chi connectivity index (χ1v) is 11.2. The molecule has 0 spiro atoms. The number of nitrogens with two attached hydrogens (primary N) is 1. The van der Waals surface area contributed by atoms with E-state index in [-0.39, 0.29) is 17.0 Å². The highest BCUT2D eigenvalue weighted by atomic mass is 32.2. The average molecular weight is 468 g/mol. The van der Waals surface area contributed by atoms with E-state index in [1.807, 2.05) is 30.3 Å². The summed E-state index contributed by atoms with van der Waals surface area (Å²) >= 11 is 0. The zero-order valence-electron chi connectivity index (χ0n) is 17.4. The van der Waals surface area contributed by atoms with Crippen LogP contribution in [-0.2, 0) is 26.1 Å². The number of esters is 1. The maximum Gasteiger partial charge on any atom is 0.338 e. The summed E-state index contributed by atoms with van der Waals surface area (Å²) in [6.45, 7) is -0.669. The molecule has 0 radical (unpaired) electrons. The Bertz CT molecular complexity index is 1250. The van der Waals surface area contributed by atoms with Crippen LogP contribution in [0.1, 0.15) is 15.9 Å². The summed E-state index contributed by atoms with van der Waals surface area (Å²) in [4.78, 5) is 34.3. The summed E-state index contributed by atoms with van der Waals surface area (Å²) in [5.74, 6) is -1.83. The number of rotatable bonds is 8. The molecule has 0 saturated carbocycles. The number of imide groups is 1. The lowest BCUT2D eigenvalue weighted by atomic mass is 10.2. The molecular weight excluding hydrogens is 446 g/mol. The van der Waals surface area contributed by atoms with Crippen LogP contribution < -0.4 is 15.4 Å². The summed E-state index contributed by atoms with van der Waals surface area (Å²) < 4.78 is 33.2. The maximum atomic E-state index is 13.6. The second-order valence-corrected chi connectivity index (χ2v) is 8.71. The summed E-state index contributed by atoms with van der Waals surface area (Å²) in [5, 5.41) is 1.76. The minimum Gasteiger partial charge on any atom is -0.452 e. The van der Waals surface area contributed by atoms with Crippen molar-refractivity contribution in [3.05, 3.63) is 96.1 Å². The van der Waals surface area contributed by atoms with Crippen LogP contribution in [0.15, 0.2) is 89.8 Å².